The summed E-state index contributed by atoms with van der Waals surface area (Å²) in [5.74, 6) is 1.50. The van der Waals surface area contributed by atoms with Gasteiger partial charge in [0, 0.05) is 5.41 Å². The van der Waals surface area contributed by atoms with Gasteiger partial charge in [0.2, 0.25) is 0 Å². The molecule has 0 spiro atoms. The number of nitrogens with two attached hydrogens (primary N) is 1. The lowest BCUT2D eigenvalue weighted by atomic mass is 9.92. The van der Waals surface area contributed by atoms with Gasteiger partial charge in [-0.3, -0.25) is 0 Å². The van der Waals surface area contributed by atoms with Crippen molar-refractivity contribution in [3.05, 3.63) is 27.0 Å². The van der Waals surface area contributed by atoms with Crippen LogP contribution in [0.25, 0.3) is 11.6 Å². The quantitative estimate of drug-likeness (QED) is 0.814. The maximum Gasteiger partial charge on any atom is 0.198 e. The number of halogens is 2. The van der Waals surface area contributed by atoms with Crippen molar-refractivity contribution in [2.45, 2.75) is 26.2 Å². The third-order valence-corrected chi connectivity index (χ3v) is 3.59. The van der Waals surface area contributed by atoms with Gasteiger partial charge in [0.25, 0.3) is 0 Å². The monoisotopic (exact) mass is 373 g/mol. The first-order valence-corrected chi connectivity index (χ1v) is 6.97. The van der Waals surface area contributed by atoms with Crippen LogP contribution in [0.3, 0.4) is 0 Å². The summed E-state index contributed by atoms with van der Waals surface area (Å²) >= 11 is 6.70. The van der Waals surface area contributed by atoms with Crippen molar-refractivity contribution in [3.8, 4) is 11.6 Å². The van der Waals surface area contributed by atoms with E-state index in [1.807, 2.05) is 0 Å². The van der Waals surface area contributed by atoms with E-state index in [9.17, 15) is 0 Å². The molecule has 0 saturated carbocycles. The molecule has 0 amide bonds. The Morgan fingerprint density at radius 1 is 1.17 bits per heavy atom. The maximum absolute atomic E-state index is 5.91. The van der Waals surface area contributed by atoms with Crippen LogP contribution in [0.1, 0.15) is 26.5 Å². The van der Waals surface area contributed by atoms with Gasteiger partial charge in [0.1, 0.15) is 5.82 Å². The second-order valence-corrected chi connectivity index (χ2v) is 6.52. The molecular formula is C12H13Br2N3O. The second-order valence-electron chi connectivity index (χ2n) is 4.95. The predicted molar refractivity (Wildman–Crippen MR) is 78.2 cm³/mol. The Morgan fingerprint density at radius 2 is 1.83 bits per heavy atom. The Balaban J connectivity index is 2.61. The van der Waals surface area contributed by atoms with Crippen LogP contribution in [0, 0.1) is 0 Å². The number of nitrogens with zero attached hydrogens (tertiary/aromatic N) is 2. The zero-order chi connectivity index (χ0) is 13.5. The van der Waals surface area contributed by atoms with E-state index in [1.54, 1.807) is 12.1 Å². The van der Waals surface area contributed by atoms with Crippen LogP contribution in [0.15, 0.2) is 25.7 Å². The summed E-state index contributed by atoms with van der Waals surface area (Å²) in [6, 6.07) is 3.60. The lowest BCUT2D eigenvalue weighted by Crippen LogP contribution is -2.17. The van der Waals surface area contributed by atoms with Crippen molar-refractivity contribution >= 4 is 37.7 Å². The van der Waals surface area contributed by atoms with Crippen LogP contribution < -0.4 is 5.73 Å². The van der Waals surface area contributed by atoms with Crippen LogP contribution in [0.2, 0.25) is 0 Å². The van der Waals surface area contributed by atoms with Crippen LogP contribution in [0.4, 0.5) is 5.82 Å². The molecule has 2 N–H and O–H groups in total. The first kappa shape index (κ1) is 13.5. The Labute approximate surface area is 122 Å². The van der Waals surface area contributed by atoms with Crippen molar-refractivity contribution in [3.63, 3.8) is 0 Å². The minimum Gasteiger partial charge on any atom is -0.446 e. The van der Waals surface area contributed by atoms with E-state index >= 15 is 0 Å². The molecule has 0 atom stereocenters. The number of rotatable bonds is 1. The van der Waals surface area contributed by atoms with Gasteiger partial charge >= 0.3 is 0 Å². The number of anilines is 1. The van der Waals surface area contributed by atoms with E-state index < -0.39 is 0 Å². The Morgan fingerprint density at radius 3 is 2.33 bits per heavy atom. The smallest absolute Gasteiger partial charge is 0.198 e. The predicted octanol–water partition coefficient (Wildman–Crippen LogP) is 4.14. The molecule has 2 heterocycles. The second kappa shape index (κ2) is 4.66. The van der Waals surface area contributed by atoms with Gasteiger partial charge in [0.15, 0.2) is 16.3 Å². The van der Waals surface area contributed by atoms with Crippen molar-refractivity contribution in [2.75, 3.05) is 5.73 Å². The first-order valence-electron chi connectivity index (χ1n) is 5.38. The zero-order valence-electron chi connectivity index (χ0n) is 10.3. The highest BCUT2D eigenvalue weighted by Crippen LogP contribution is 2.33. The van der Waals surface area contributed by atoms with Gasteiger partial charge in [-0.25, -0.2) is 9.97 Å². The van der Waals surface area contributed by atoms with Crippen molar-refractivity contribution in [1.82, 2.24) is 9.97 Å². The molecule has 2 aromatic heterocycles. The number of hydrogen-bond acceptors (Lipinski definition) is 4. The SMILES string of the molecule is CC(C)(C)c1nc(-c2ccc(Br)o2)nc(N)c1Br. The van der Waals surface area contributed by atoms with E-state index in [4.69, 9.17) is 10.2 Å². The molecule has 0 aliphatic heterocycles. The van der Waals surface area contributed by atoms with E-state index in [1.165, 1.54) is 0 Å². The molecule has 0 bridgehead atoms. The molecule has 0 radical (unpaired) electrons. The van der Waals surface area contributed by atoms with E-state index in [0.29, 0.717) is 22.1 Å². The molecule has 0 unspecified atom stereocenters. The van der Waals surface area contributed by atoms with Crippen molar-refractivity contribution < 1.29 is 4.42 Å². The third kappa shape index (κ3) is 2.59. The molecule has 0 saturated heterocycles. The summed E-state index contributed by atoms with van der Waals surface area (Å²) in [7, 11) is 0. The van der Waals surface area contributed by atoms with Crippen LogP contribution >= 0.6 is 31.9 Å². The molecule has 96 valence electrons. The Bertz CT molecular complexity index is 587. The minimum absolute atomic E-state index is 0.130. The number of hydrogen-bond donors (Lipinski definition) is 1. The molecule has 2 rings (SSSR count). The summed E-state index contributed by atoms with van der Waals surface area (Å²) in [5.41, 5.74) is 6.64. The van der Waals surface area contributed by atoms with Gasteiger partial charge in [-0.15, -0.1) is 0 Å². The lowest BCUT2D eigenvalue weighted by molar-refractivity contribution is 0.542. The fourth-order valence-corrected chi connectivity index (χ4v) is 2.58. The first-order chi connectivity index (χ1) is 8.29. The summed E-state index contributed by atoms with van der Waals surface area (Å²) < 4.78 is 6.83. The molecule has 0 aliphatic rings. The Hall–Kier alpha value is -0.880. The van der Waals surface area contributed by atoms with E-state index in [2.05, 4.69) is 62.6 Å². The maximum atomic E-state index is 5.91. The highest BCUT2D eigenvalue weighted by atomic mass is 79.9. The topological polar surface area (TPSA) is 64.9 Å². The number of nitrogen functional groups attached to an aromatic ring is 1. The molecule has 0 aliphatic carbocycles. The van der Waals surface area contributed by atoms with Crippen LogP contribution in [-0.2, 0) is 5.41 Å². The largest absolute Gasteiger partial charge is 0.446 e. The molecule has 6 heteroatoms. The zero-order valence-corrected chi connectivity index (χ0v) is 13.5. The van der Waals surface area contributed by atoms with Gasteiger partial charge < -0.3 is 10.2 Å². The van der Waals surface area contributed by atoms with E-state index in [0.717, 1.165) is 10.2 Å². The molecule has 18 heavy (non-hydrogen) atoms. The fraction of sp³-hybridized carbons (Fsp3) is 0.333. The summed E-state index contributed by atoms with van der Waals surface area (Å²) in [4.78, 5) is 8.77. The number of aromatic nitrogens is 2. The van der Waals surface area contributed by atoms with E-state index in [-0.39, 0.29) is 5.41 Å². The normalized spacial score (nSPS) is 11.8. The van der Waals surface area contributed by atoms with Crippen molar-refractivity contribution in [1.29, 1.82) is 0 Å². The molecular weight excluding hydrogens is 362 g/mol. The van der Waals surface area contributed by atoms with Gasteiger partial charge in [0.05, 0.1) is 10.2 Å². The Kier molecular flexibility index (Phi) is 3.51. The van der Waals surface area contributed by atoms with Crippen molar-refractivity contribution in [2.24, 2.45) is 0 Å². The molecule has 4 nitrogen and oxygen atoms in total. The summed E-state index contributed by atoms with van der Waals surface area (Å²) in [6.07, 6.45) is 0. The highest BCUT2D eigenvalue weighted by Gasteiger charge is 2.23. The third-order valence-electron chi connectivity index (χ3n) is 2.38. The summed E-state index contributed by atoms with van der Waals surface area (Å²) in [6.45, 7) is 6.21. The molecule has 0 aromatic carbocycles. The molecule has 0 fully saturated rings. The van der Waals surface area contributed by atoms with Gasteiger partial charge in [-0.1, -0.05) is 20.8 Å². The highest BCUT2D eigenvalue weighted by molar-refractivity contribution is 9.10. The van der Waals surface area contributed by atoms with Gasteiger partial charge in [-0.05, 0) is 44.0 Å². The van der Waals surface area contributed by atoms with Gasteiger partial charge in [-0.2, -0.15) is 0 Å². The standard InChI is InChI=1S/C12H13Br2N3O/c1-12(2,3)9-8(14)10(15)17-11(16-9)6-4-5-7(13)18-6/h4-5H,1-3H3,(H2,15,16,17). The number of furan rings is 1. The van der Waals surface area contributed by atoms with Crippen LogP contribution in [-0.4, -0.2) is 9.97 Å². The van der Waals surface area contributed by atoms with Crippen LogP contribution in [0.5, 0.6) is 0 Å². The summed E-state index contributed by atoms with van der Waals surface area (Å²) in [5, 5.41) is 0. The minimum atomic E-state index is -0.130. The average Bonchev–Trinajstić information content (AvgIpc) is 2.67. The lowest BCUT2D eigenvalue weighted by Gasteiger charge is -2.20. The molecule has 2 aromatic rings. The average molecular weight is 375 g/mol. The fourth-order valence-electron chi connectivity index (χ4n) is 1.51.